The third-order valence-corrected chi connectivity index (χ3v) is 4.50. The van der Waals surface area contributed by atoms with Crippen molar-refractivity contribution in [2.75, 3.05) is 26.2 Å². The van der Waals surface area contributed by atoms with Gasteiger partial charge < -0.3 is 10.2 Å². The molecule has 0 spiro atoms. The minimum Gasteiger partial charge on any atom is -0.339 e. The molecule has 1 aliphatic heterocycles. The number of carbonyl (C=O) groups is 1. The van der Waals surface area contributed by atoms with Crippen molar-refractivity contribution in [3.05, 3.63) is 0 Å². The predicted octanol–water partition coefficient (Wildman–Crippen LogP) is 1.85. The normalized spacial score (nSPS) is 24.1. The maximum atomic E-state index is 12.5. The molecule has 1 unspecified atom stereocenters. The lowest BCUT2D eigenvalue weighted by Crippen LogP contribution is -2.51. The van der Waals surface area contributed by atoms with Crippen molar-refractivity contribution in [3.8, 4) is 0 Å². The van der Waals surface area contributed by atoms with Crippen LogP contribution >= 0.6 is 0 Å². The van der Waals surface area contributed by atoms with Gasteiger partial charge in [0.15, 0.2) is 0 Å². The fourth-order valence-corrected chi connectivity index (χ4v) is 3.16. The van der Waals surface area contributed by atoms with Gasteiger partial charge in [0.2, 0.25) is 5.91 Å². The molecule has 4 nitrogen and oxygen atoms in total. The number of hydrogen-bond acceptors (Lipinski definition) is 3. The molecule has 0 radical (unpaired) electrons. The second-order valence-electron chi connectivity index (χ2n) is 6.59. The van der Waals surface area contributed by atoms with Crippen LogP contribution in [0.4, 0.5) is 0 Å². The van der Waals surface area contributed by atoms with E-state index in [4.69, 9.17) is 0 Å². The highest BCUT2D eigenvalue weighted by Gasteiger charge is 2.33. The molecular formula is C16H31N3O. The van der Waals surface area contributed by atoms with Gasteiger partial charge in [-0.15, -0.1) is 0 Å². The van der Waals surface area contributed by atoms with Gasteiger partial charge in [-0.05, 0) is 39.2 Å². The van der Waals surface area contributed by atoms with Crippen LogP contribution in [0.5, 0.6) is 0 Å². The van der Waals surface area contributed by atoms with Gasteiger partial charge in [0.1, 0.15) is 0 Å². The van der Waals surface area contributed by atoms with Crippen molar-refractivity contribution in [1.29, 1.82) is 0 Å². The van der Waals surface area contributed by atoms with Crippen LogP contribution in [0, 0.1) is 0 Å². The number of hydrogen-bond donors (Lipinski definition) is 1. The highest BCUT2D eigenvalue weighted by molar-refractivity contribution is 5.79. The molecule has 2 fully saturated rings. The molecule has 2 rings (SSSR count). The van der Waals surface area contributed by atoms with Crippen molar-refractivity contribution in [1.82, 2.24) is 15.1 Å². The standard InChI is InChI=1S/C16H31N3O/c1-4-19(14-8-9-14)16(20)12-18-10-6-5-7-15(18)11-17-13(2)3/h13-15,17H,4-12H2,1-3H3. The molecule has 1 heterocycles. The van der Waals surface area contributed by atoms with E-state index >= 15 is 0 Å². The lowest BCUT2D eigenvalue weighted by molar-refractivity contribution is -0.133. The van der Waals surface area contributed by atoms with Crippen molar-refractivity contribution >= 4 is 5.91 Å². The summed E-state index contributed by atoms with van der Waals surface area (Å²) < 4.78 is 0. The van der Waals surface area contributed by atoms with Gasteiger partial charge in [0.25, 0.3) is 0 Å². The molecule has 0 bridgehead atoms. The maximum absolute atomic E-state index is 12.5. The molecular weight excluding hydrogens is 250 g/mol. The van der Waals surface area contributed by atoms with Crippen molar-refractivity contribution in [3.63, 3.8) is 0 Å². The SMILES string of the molecule is CCN(C(=O)CN1CCCCC1CNC(C)C)C1CC1. The molecule has 1 saturated carbocycles. The number of rotatable bonds is 7. The molecule has 1 atom stereocenters. The van der Waals surface area contributed by atoms with Crippen LogP contribution in [0.2, 0.25) is 0 Å². The van der Waals surface area contributed by atoms with E-state index in [1.54, 1.807) is 0 Å². The summed E-state index contributed by atoms with van der Waals surface area (Å²) in [4.78, 5) is 17.0. The third-order valence-electron chi connectivity index (χ3n) is 4.50. The Balaban J connectivity index is 1.85. The Morgan fingerprint density at radius 2 is 2.05 bits per heavy atom. The summed E-state index contributed by atoms with van der Waals surface area (Å²) in [6, 6.07) is 1.60. The van der Waals surface area contributed by atoms with Crippen LogP contribution in [0.15, 0.2) is 0 Å². The number of likely N-dealkylation sites (N-methyl/N-ethyl adjacent to an activating group) is 1. The van der Waals surface area contributed by atoms with E-state index < -0.39 is 0 Å². The Labute approximate surface area is 123 Å². The first-order valence-electron chi connectivity index (χ1n) is 8.38. The highest BCUT2D eigenvalue weighted by Crippen LogP contribution is 2.27. The fourth-order valence-electron chi connectivity index (χ4n) is 3.16. The number of piperidine rings is 1. The van der Waals surface area contributed by atoms with E-state index in [-0.39, 0.29) is 0 Å². The van der Waals surface area contributed by atoms with Crippen molar-refractivity contribution in [2.24, 2.45) is 0 Å². The predicted molar refractivity (Wildman–Crippen MR) is 82.8 cm³/mol. The Morgan fingerprint density at radius 1 is 1.30 bits per heavy atom. The molecule has 1 saturated heterocycles. The van der Waals surface area contributed by atoms with Crippen LogP contribution in [-0.4, -0.2) is 60.0 Å². The summed E-state index contributed by atoms with van der Waals surface area (Å²) in [5.74, 6) is 0.339. The van der Waals surface area contributed by atoms with Crippen molar-refractivity contribution < 1.29 is 4.79 Å². The Bertz CT molecular complexity index is 315. The Kier molecular flexibility index (Phi) is 5.85. The average molecular weight is 281 g/mol. The van der Waals surface area contributed by atoms with E-state index in [9.17, 15) is 4.79 Å². The lowest BCUT2D eigenvalue weighted by atomic mass is 10.0. The molecule has 0 aromatic rings. The van der Waals surface area contributed by atoms with E-state index in [0.29, 0.717) is 30.6 Å². The van der Waals surface area contributed by atoms with E-state index in [1.165, 1.54) is 32.1 Å². The smallest absolute Gasteiger partial charge is 0.236 e. The van der Waals surface area contributed by atoms with Gasteiger partial charge >= 0.3 is 0 Å². The molecule has 4 heteroatoms. The monoisotopic (exact) mass is 281 g/mol. The molecule has 20 heavy (non-hydrogen) atoms. The summed E-state index contributed by atoms with van der Waals surface area (Å²) in [5.41, 5.74) is 0. The van der Waals surface area contributed by atoms with E-state index in [2.05, 4.69) is 35.9 Å². The second kappa shape index (κ2) is 7.41. The molecule has 1 N–H and O–H groups in total. The molecule has 1 amide bonds. The second-order valence-corrected chi connectivity index (χ2v) is 6.59. The van der Waals surface area contributed by atoms with Gasteiger partial charge in [-0.1, -0.05) is 20.3 Å². The first-order chi connectivity index (χ1) is 9.61. The number of carbonyl (C=O) groups excluding carboxylic acids is 1. The van der Waals surface area contributed by atoms with E-state index in [0.717, 1.165) is 19.6 Å². The fraction of sp³-hybridized carbons (Fsp3) is 0.938. The van der Waals surface area contributed by atoms with Crippen LogP contribution in [0.3, 0.4) is 0 Å². The summed E-state index contributed by atoms with van der Waals surface area (Å²) >= 11 is 0. The summed E-state index contributed by atoms with van der Waals surface area (Å²) in [5, 5.41) is 3.53. The Hall–Kier alpha value is -0.610. The Morgan fingerprint density at radius 3 is 2.65 bits per heavy atom. The zero-order chi connectivity index (χ0) is 14.5. The molecule has 2 aliphatic rings. The topological polar surface area (TPSA) is 35.6 Å². The number of likely N-dealkylation sites (tertiary alicyclic amines) is 1. The summed E-state index contributed by atoms with van der Waals surface area (Å²) in [7, 11) is 0. The summed E-state index contributed by atoms with van der Waals surface area (Å²) in [6.07, 6.45) is 6.18. The zero-order valence-corrected chi connectivity index (χ0v) is 13.4. The van der Waals surface area contributed by atoms with Crippen molar-refractivity contribution in [2.45, 2.75) is 71.0 Å². The average Bonchev–Trinajstić information content (AvgIpc) is 3.23. The zero-order valence-electron chi connectivity index (χ0n) is 13.4. The highest BCUT2D eigenvalue weighted by atomic mass is 16.2. The third kappa shape index (κ3) is 4.45. The van der Waals surface area contributed by atoms with Gasteiger partial charge in [-0.2, -0.15) is 0 Å². The van der Waals surface area contributed by atoms with Gasteiger partial charge in [0.05, 0.1) is 6.54 Å². The number of nitrogens with zero attached hydrogens (tertiary/aromatic N) is 2. The first kappa shape index (κ1) is 15.8. The van der Waals surface area contributed by atoms with Crippen LogP contribution in [0.25, 0.3) is 0 Å². The van der Waals surface area contributed by atoms with Crippen LogP contribution < -0.4 is 5.32 Å². The van der Waals surface area contributed by atoms with Crippen LogP contribution in [0.1, 0.15) is 52.9 Å². The van der Waals surface area contributed by atoms with Crippen LogP contribution in [-0.2, 0) is 4.79 Å². The minimum absolute atomic E-state index is 0.339. The maximum Gasteiger partial charge on any atom is 0.236 e. The number of nitrogens with one attached hydrogen (secondary N) is 1. The molecule has 0 aromatic heterocycles. The van der Waals surface area contributed by atoms with Gasteiger partial charge in [-0.3, -0.25) is 9.69 Å². The molecule has 0 aromatic carbocycles. The largest absolute Gasteiger partial charge is 0.339 e. The molecule has 116 valence electrons. The summed E-state index contributed by atoms with van der Waals surface area (Å²) in [6.45, 7) is 10.1. The first-order valence-corrected chi connectivity index (χ1v) is 8.38. The van der Waals surface area contributed by atoms with E-state index in [1.807, 2.05) is 0 Å². The van der Waals surface area contributed by atoms with Gasteiger partial charge in [-0.25, -0.2) is 0 Å². The minimum atomic E-state index is 0.339. The van der Waals surface area contributed by atoms with Gasteiger partial charge in [0, 0.05) is 31.2 Å². The molecule has 1 aliphatic carbocycles. The number of amides is 1. The quantitative estimate of drug-likeness (QED) is 0.773. The lowest BCUT2D eigenvalue weighted by Gasteiger charge is -2.37.